The molecule has 0 aliphatic heterocycles. The number of thioether (sulfide) groups is 1. The van der Waals surface area contributed by atoms with E-state index >= 15 is 0 Å². The summed E-state index contributed by atoms with van der Waals surface area (Å²) < 4.78 is 43.5. The van der Waals surface area contributed by atoms with Gasteiger partial charge in [-0.1, -0.05) is 53.7 Å². The van der Waals surface area contributed by atoms with Gasteiger partial charge in [0.05, 0.1) is 10.9 Å². The standard InChI is InChI=1S/C25H25FN4O2S2/c1-17-8-12-22(13-9-17)30-24(19(3)29-34(31,32)23-14-10-21(26)11-15-23)27-28-25(30)33-16-20-7-5-4-6-18(20)2/h4-15,19,29H,16H2,1-3H3. The summed E-state index contributed by atoms with van der Waals surface area (Å²) in [5, 5.41) is 9.40. The number of sulfonamides is 1. The molecule has 0 aliphatic rings. The predicted octanol–water partition coefficient (Wildman–Crippen LogP) is 5.36. The quantitative estimate of drug-likeness (QED) is 0.333. The van der Waals surface area contributed by atoms with Crippen LogP contribution in [0.3, 0.4) is 0 Å². The van der Waals surface area contributed by atoms with Gasteiger partial charge in [0.2, 0.25) is 10.0 Å². The number of nitrogens with zero attached hydrogens (tertiary/aromatic N) is 3. The van der Waals surface area contributed by atoms with Crippen molar-refractivity contribution in [2.75, 3.05) is 0 Å². The van der Waals surface area contributed by atoms with E-state index in [0.29, 0.717) is 16.7 Å². The van der Waals surface area contributed by atoms with Crippen molar-refractivity contribution in [2.24, 2.45) is 0 Å². The lowest BCUT2D eigenvalue weighted by atomic mass is 10.1. The Morgan fingerprint density at radius 3 is 2.32 bits per heavy atom. The third kappa shape index (κ3) is 5.38. The van der Waals surface area contributed by atoms with Crippen LogP contribution >= 0.6 is 11.8 Å². The molecule has 0 saturated heterocycles. The first-order valence-electron chi connectivity index (χ1n) is 10.7. The molecular formula is C25H25FN4O2S2. The summed E-state index contributed by atoms with van der Waals surface area (Å²) in [6, 6.07) is 20.1. The van der Waals surface area contributed by atoms with Gasteiger partial charge in [0.25, 0.3) is 0 Å². The maximum Gasteiger partial charge on any atom is 0.241 e. The van der Waals surface area contributed by atoms with Gasteiger partial charge < -0.3 is 0 Å². The zero-order valence-corrected chi connectivity index (χ0v) is 20.7. The number of rotatable bonds is 8. The van der Waals surface area contributed by atoms with Crippen LogP contribution in [0.5, 0.6) is 0 Å². The van der Waals surface area contributed by atoms with Crippen LogP contribution in [-0.4, -0.2) is 23.2 Å². The largest absolute Gasteiger partial charge is 0.273 e. The lowest BCUT2D eigenvalue weighted by molar-refractivity contribution is 0.555. The number of nitrogens with one attached hydrogen (secondary N) is 1. The first-order chi connectivity index (χ1) is 16.2. The molecule has 0 spiro atoms. The molecule has 6 nitrogen and oxygen atoms in total. The van der Waals surface area contributed by atoms with E-state index < -0.39 is 21.9 Å². The maximum absolute atomic E-state index is 13.3. The highest BCUT2D eigenvalue weighted by molar-refractivity contribution is 7.98. The van der Waals surface area contributed by atoms with Gasteiger partial charge in [-0.2, -0.15) is 0 Å². The van der Waals surface area contributed by atoms with Gasteiger partial charge in [-0.05, 0) is 68.3 Å². The van der Waals surface area contributed by atoms with Gasteiger partial charge in [-0.15, -0.1) is 10.2 Å². The van der Waals surface area contributed by atoms with E-state index in [1.165, 1.54) is 35.0 Å². The first kappa shape index (κ1) is 24.1. The Hall–Kier alpha value is -3.01. The normalized spacial score (nSPS) is 12.6. The average Bonchev–Trinajstić information content (AvgIpc) is 3.23. The van der Waals surface area contributed by atoms with Crippen molar-refractivity contribution in [3.8, 4) is 5.69 Å². The second-order valence-electron chi connectivity index (χ2n) is 8.02. The number of aryl methyl sites for hydroxylation is 2. The van der Waals surface area contributed by atoms with Crippen molar-refractivity contribution >= 4 is 21.8 Å². The molecule has 4 aromatic rings. The lowest BCUT2D eigenvalue weighted by Crippen LogP contribution is -2.28. The third-order valence-corrected chi connectivity index (χ3v) is 7.95. The van der Waals surface area contributed by atoms with Crippen LogP contribution in [0.4, 0.5) is 4.39 Å². The van der Waals surface area contributed by atoms with Crippen LogP contribution in [-0.2, 0) is 15.8 Å². The Labute approximate surface area is 203 Å². The second-order valence-corrected chi connectivity index (χ2v) is 10.7. The highest BCUT2D eigenvalue weighted by atomic mass is 32.2. The van der Waals surface area contributed by atoms with Gasteiger partial charge in [0.1, 0.15) is 5.82 Å². The fourth-order valence-electron chi connectivity index (χ4n) is 3.47. The van der Waals surface area contributed by atoms with Gasteiger partial charge in [-0.3, -0.25) is 4.57 Å². The Balaban J connectivity index is 1.66. The van der Waals surface area contributed by atoms with E-state index in [2.05, 4.69) is 34.0 Å². The van der Waals surface area contributed by atoms with Crippen LogP contribution in [0.1, 0.15) is 35.5 Å². The van der Waals surface area contributed by atoms with Crippen molar-refractivity contribution < 1.29 is 12.8 Å². The summed E-state index contributed by atoms with van der Waals surface area (Å²) in [4.78, 5) is -0.0173. The summed E-state index contributed by atoms with van der Waals surface area (Å²) in [6.45, 7) is 5.79. The van der Waals surface area contributed by atoms with E-state index in [1.54, 1.807) is 6.92 Å². The number of halogens is 1. The summed E-state index contributed by atoms with van der Waals surface area (Å²) >= 11 is 1.54. The molecule has 1 heterocycles. The fraction of sp³-hybridized carbons (Fsp3) is 0.200. The van der Waals surface area contributed by atoms with Crippen LogP contribution < -0.4 is 4.72 Å². The Morgan fingerprint density at radius 1 is 0.971 bits per heavy atom. The molecule has 1 atom stereocenters. The second kappa shape index (κ2) is 10.1. The minimum absolute atomic E-state index is 0.0173. The van der Waals surface area contributed by atoms with E-state index in [4.69, 9.17) is 0 Å². The molecule has 0 radical (unpaired) electrons. The van der Waals surface area contributed by atoms with Crippen LogP contribution in [0.25, 0.3) is 5.69 Å². The monoisotopic (exact) mass is 496 g/mol. The highest BCUT2D eigenvalue weighted by Gasteiger charge is 2.25. The Kier molecular flexibility index (Phi) is 7.16. The molecule has 0 saturated carbocycles. The zero-order valence-electron chi connectivity index (χ0n) is 19.1. The molecule has 9 heteroatoms. The smallest absolute Gasteiger partial charge is 0.241 e. The van der Waals surface area contributed by atoms with Gasteiger partial charge in [0, 0.05) is 11.4 Å². The minimum atomic E-state index is -3.89. The van der Waals surface area contributed by atoms with Crippen molar-refractivity contribution in [1.82, 2.24) is 19.5 Å². The SMILES string of the molecule is Cc1ccc(-n2c(SCc3ccccc3C)nnc2C(C)NS(=O)(=O)c2ccc(F)cc2)cc1. The van der Waals surface area contributed by atoms with Gasteiger partial charge >= 0.3 is 0 Å². The number of hydrogen-bond donors (Lipinski definition) is 1. The molecule has 3 aromatic carbocycles. The number of aromatic nitrogens is 3. The van der Waals surface area contributed by atoms with Crippen LogP contribution in [0.2, 0.25) is 0 Å². The number of benzene rings is 3. The molecule has 1 N–H and O–H groups in total. The minimum Gasteiger partial charge on any atom is -0.273 e. The molecule has 0 aliphatic carbocycles. The fourth-order valence-corrected chi connectivity index (χ4v) is 5.71. The lowest BCUT2D eigenvalue weighted by Gasteiger charge is -2.17. The molecule has 0 fully saturated rings. The van der Waals surface area contributed by atoms with Gasteiger partial charge in [-0.25, -0.2) is 17.5 Å². The summed E-state index contributed by atoms with van der Waals surface area (Å²) in [5.74, 6) is 0.662. The molecule has 34 heavy (non-hydrogen) atoms. The first-order valence-corrected chi connectivity index (χ1v) is 13.2. The summed E-state index contributed by atoms with van der Waals surface area (Å²) in [7, 11) is -3.89. The van der Waals surface area contributed by atoms with Crippen molar-refractivity contribution in [2.45, 2.75) is 42.6 Å². The molecule has 1 unspecified atom stereocenters. The van der Waals surface area contributed by atoms with E-state index in [1.807, 2.05) is 47.9 Å². The molecule has 0 bridgehead atoms. The summed E-state index contributed by atoms with van der Waals surface area (Å²) in [5.41, 5.74) is 4.33. The van der Waals surface area contributed by atoms with Crippen molar-refractivity contribution in [3.63, 3.8) is 0 Å². The highest BCUT2D eigenvalue weighted by Crippen LogP contribution is 2.29. The van der Waals surface area contributed by atoms with Gasteiger partial charge in [0.15, 0.2) is 11.0 Å². The Morgan fingerprint density at radius 2 is 1.65 bits per heavy atom. The molecule has 1 aromatic heterocycles. The van der Waals surface area contributed by atoms with Crippen molar-refractivity contribution in [3.05, 3.63) is 101 Å². The Bertz CT molecular complexity index is 1390. The average molecular weight is 497 g/mol. The van der Waals surface area contributed by atoms with Crippen molar-refractivity contribution in [1.29, 1.82) is 0 Å². The predicted molar refractivity (Wildman–Crippen MR) is 132 cm³/mol. The van der Waals surface area contributed by atoms with E-state index in [9.17, 15) is 12.8 Å². The zero-order chi connectivity index (χ0) is 24.3. The molecular weight excluding hydrogens is 471 g/mol. The molecule has 0 amide bonds. The van der Waals surface area contributed by atoms with Crippen LogP contribution in [0, 0.1) is 19.7 Å². The van der Waals surface area contributed by atoms with Crippen LogP contribution in [0.15, 0.2) is 82.8 Å². The van der Waals surface area contributed by atoms with E-state index in [-0.39, 0.29) is 4.90 Å². The number of hydrogen-bond acceptors (Lipinski definition) is 5. The maximum atomic E-state index is 13.3. The topological polar surface area (TPSA) is 76.9 Å². The molecule has 4 rings (SSSR count). The third-order valence-electron chi connectivity index (χ3n) is 5.41. The van der Waals surface area contributed by atoms with E-state index in [0.717, 1.165) is 23.4 Å². The summed E-state index contributed by atoms with van der Waals surface area (Å²) in [6.07, 6.45) is 0. The molecule has 176 valence electrons.